The maximum absolute atomic E-state index is 12.8. The fourth-order valence-corrected chi connectivity index (χ4v) is 4.98. The van der Waals surface area contributed by atoms with Gasteiger partial charge in [-0.05, 0) is 37.0 Å². The van der Waals surface area contributed by atoms with E-state index >= 15 is 0 Å². The van der Waals surface area contributed by atoms with Crippen molar-refractivity contribution in [3.05, 3.63) is 47.5 Å². The van der Waals surface area contributed by atoms with E-state index in [-0.39, 0.29) is 29.4 Å². The number of carbonyl (C=O) groups excluding carboxylic acids is 2. The van der Waals surface area contributed by atoms with Gasteiger partial charge in [0.1, 0.15) is 6.61 Å². The van der Waals surface area contributed by atoms with E-state index in [1.165, 1.54) is 0 Å². The molecular formula is C20H23NO3. The molecule has 2 fully saturated rings. The lowest BCUT2D eigenvalue weighted by Crippen LogP contribution is -2.55. The zero-order valence-corrected chi connectivity index (χ0v) is 14.1. The van der Waals surface area contributed by atoms with Gasteiger partial charge in [0, 0.05) is 18.4 Å². The fourth-order valence-electron chi connectivity index (χ4n) is 4.98. The lowest BCUT2D eigenvalue weighted by molar-refractivity contribution is -0.117. The molecule has 4 rings (SSSR count). The molecule has 1 amide bonds. The van der Waals surface area contributed by atoms with E-state index in [0.717, 1.165) is 36.8 Å². The highest BCUT2D eigenvalue weighted by atomic mass is 16.6. The molecule has 24 heavy (non-hydrogen) atoms. The van der Waals surface area contributed by atoms with E-state index in [0.29, 0.717) is 13.0 Å². The average Bonchev–Trinajstić information content (AvgIpc) is 3.02. The zero-order chi connectivity index (χ0) is 16.8. The number of nitrogens with zero attached hydrogens (tertiary/aromatic N) is 1. The second kappa shape index (κ2) is 5.47. The van der Waals surface area contributed by atoms with Gasteiger partial charge < -0.3 is 4.74 Å². The molecule has 2 aliphatic carbocycles. The maximum atomic E-state index is 12.8. The molecule has 0 bridgehead atoms. The molecule has 1 saturated heterocycles. The number of carbonyl (C=O) groups is 2. The van der Waals surface area contributed by atoms with Crippen LogP contribution in [0.2, 0.25) is 0 Å². The quantitative estimate of drug-likeness (QED) is 0.829. The summed E-state index contributed by atoms with van der Waals surface area (Å²) >= 11 is 0. The summed E-state index contributed by atoms with van der Waals surface area (Å²) in [7, 11) is 0. The Labute approximate surface area is 142 Å². The highest BCUT2D eigenvalue weighted by Gasteiger charge is 2.63. The molecular weight excluding hydrogens is 302 g/mol. The first-order chi connectivity index (χ1) is 11.6. The number of ketones is 1. The Kier molecular flexibility index (Phi) is 3.52. The number of hydrogen-bond donors (Lipinski definition) is 0. The minimum Gasteiger partial charge on any atom is -0.445 e. The molecule has 0 unspecified atom stereocenters. The van der Waals surface area contributed by atoms with Crippen LogP contribution in [0.3, 0.4) is 0 Å². The maximum Gasteiger partial charge on any atom is 0.410 e. The van der Waals surface area contributed by atoms with Crippen molar-refractivity contribution in [1.29, 1.82) is 0 Å². The third-order valence-corrected chi connectivity index (χ3v) is 6.32. The monoisotopic (exact) mass is 325 g/mol. The summed E-state index contributed by atoms with van der Waals surface area (Å²) in [5.41, 5.74) is 1.69. The minimum atomic E-state index is -0.295. The van der Waals surface area contributed by atoms with E-state index in [2.05, 4.69) is 6.92 Å². The SMILES string of the molecule is C[C@@]12CCCC[C@@]13CC(=O)C=C3CN2C(=O)OCc1ccccc1. The van der Waals surface area contributed by atoms with Gasteiger partial charge in [-0.25, -0.2) is 4.79 Å². The highest BCUT2D eigenvalue weighted by Crippen LogP contribution is 2.61. The van der Waals surface area contributed by atoms with Gasteiger partial charge in [-0.1, -0.05) is 43.2 Å². The van der Waals surface area contributed by atoms with Gasteiger partial charge in [0.15, 0.2) is 5.78 Å². The number of allylic oxidation sites excluding steroid dienone is 1. The third kappa shape index (κ3) is 2.12. The molecule has 4 heteroatoms. The molecule has 0 aromatic heterocycles. The normalized spacial score (nSPS) is 31.5. The zero-order valence-electron chi connectivity index (χ0n) is 14.1. The van der Waals surface area contributed by atoms with Crippen molar-refractivity contribution in [1.82, 2.24) is 4.90 Å². The Morgan fingerprint density at radius 3 is 2.75 bits per heavy atom. The molecule has 126 valence electrons. The van der Waals surface area contributed by atoms with Crippen LogP contribution in [0.1, 0.15) is 44.6 Å². The third-order valence-electron chi connectivity index (χ3n) is 6.32. The van der Waals surface area contributed by atoms with E-state index in [1.54, 1.807) is 6.08 Å². The molecule has 1 heterocycles. The van der Waals surface area contributed by atoms with Crippen LogP contribution in [0.25, 0.3) is 0 Å². The van der Waals surface area contributed by atoms with E-state index < -0.39 is 0 Å². The summed E-state index contributed by atoms with van der Waals surface area (Å²) in [6.07, 6.45) is 6.26. The van der Waals surface area contributed by atoms with Gasteiger partial charge >= 0.3 is 6.09 Å². The molecule has 0 N–H and O–H groups in total. The van der Waals surface area contributed by atoms with E-state index in [9.17, 15) is 9.59 Å². The first-order valence-electron chi connectivity index (χ1n) is 8.77. The summed E-state index contributed by atoms with van der Waals surface area (Å²) in [5, 5.41) is 0. The second-order valence-electron chi connectivity index (χ2n) is 7.50. The van der Waals surface area contributed by atoms with Gasteiger partial charge in [-0.15, -0.1) is 0 Å². The largest absolute Gasteiger partial charge is 0.445 e. The Bertz CT molecular complexity index is 711. The Morgan fingerprint density at radius 2 is 1.96 bits per heavy atom. The van der Waals surface area contributed by atoms with Crippen LogP contribution >= 0.6 is 0 Å². The van der Waals surface area contributed by atoms with Crippen molar-refractivity contribution in [3.8, 4) is 0 Å². The number of rotatable bonds is 2. The molecule has 3 aliphatic rings. The number of hydrogen-bond acceptors (Lipinski definition) is 3. The van der Waals surface area contributed by atoms with Gasteiger partial charge in [0.2, 0.25) is 0 Å². The molecule has 2 atom stereocenters. The topological polar surface area (TPSA) is 46.6 Å². The molecule has 0 radical (unpaired) electrons. The lowest BCUT2D eigenvalue weighted by Gasteiger charge is -2.49. The van der Waals surface area contributed by atoms with Crippen molar-refractivity contribution in [2.24, 2.45) is 5.41 Å². The van der Waals surface area contributed by atoms with Crippen LogP contribution in [-0.2, 0) is 16.1 Å². The lowest BCUT2D eigenvalue weighted by atomic mass is 9.60. The molecule has 1 aliphatic heterocycles. The van der Waals surface area contributed by atoms with Gasteiger partial charge in [0.25, 0.3) is 0 Å². The van der Waals surface area contributed by atoms with Crippen LogP contribution in [0.4, 0.5) is 4.79 Å². The summed E-state index contributed by atoms with van der Waals surface area (Å²) in [5.74, 6) is 0.218. The number of amides is 1. The predicted molar refractivity (Wildman–Crippen MR) is 90.3 cm³/mol. The number of likely N-dealkylation sites (tertiary alicyclic amines) is 1. The van der Waals surface area contributed by atoms with E-state index in [1.807, 2.05) is 35.2 Å². The Balaban J connectivity index is 1.56. The summed E-state index contributed by atoms with van der Waals surface area (Å²) in [6, 6.07) is 9.74. The van der Waals surface area contributed by atoms with Crippen molar-refractivity contribution in [3.63, 3.8) is 0 Å². The first kappa shape index (κ1) is 15.4. The van der Waals surface area contributed by atoms with Crippen molar-refractivity contribution in [2.45, 2.75) is 51.2 Å². The average molecular weight is 325 g/mol. The molecule has 4 nitrogen and oxygen atoms in total. The van der Waals surface area contributed by atoms with Crippen molar-refractivity contribution >= 4 is 11.9 Å². The van der Waals surface area contributed by atoms with Crippen molar-refractivity contribution in [2.75, 3.05) is 6.54 Å². The van der Waals surface area contributed by atoms with Gasteiger partial charge in [-0.2, -0.15) is 0 Å². The molecule has 1 aromatic carbocycles. The van der Waals surface area contributed by atoms with Gasteiger partial charge in [0.05, 0.1) is 5.54 Å². The molecule has 1 aromatic rings. The van der Waals surface area contributed by atoms with Crippen LogP contribution in [0, 0.1) is 5.41 Å². The summed E-state index contributed by atoms with van der Waals surface area (Å²) < 4.78 is 5.59. The minimum absolute atomic E-state index is 0.145. The second-order valence-corrected chi connectivity index (χ2v) is 7.50. The highest BCUT2D eigenvalue weighted by molar-refractivity contribution is 5.95. The summed E-state index contributed by atoms with van der Waals surface area (Å²) in [4.78, 5) is 26.7. The molecule has 1 spiro atoms. The Morgan fingerprint density at radius 1 is 1.21 bits per heavy atom. The fraction of sp³-hybridized carbons (Fsp3) is 0.500. The first-order valence-corrected chi connectivity index (χ1v) is 8.77. The Hall–Kier alpha value is -2.10. The number of ether oxygens (including phenoxy) is 1. The smallest absolute Gasteiger partial charge is 0.410 e. The predicted octanol–water partition coefficient (Wildman–Crippen LogP) is 3.86. The standard InChI is InChI=1S/C20H23NO3/c1-19-9-5-6-10-20(19)12-17(22)11-16(20)13-21(19)18(23)24-14-15-7-3-2-4-8-15/h2-4,7-8,11H,5-6,9-10,12-14H2,1H3/t19-,20+/m1/s1. The summed E-state index contributed by atoms with van der Waals surface area (Å²) in [6.45, 7) is 2.97. The van der Waals surface area contributed by atoms with E-state index in [4.69, 9.17) is 4.74 Å². The van der Waals surface area contributed by atoms with Crippen LogP contribution < -0.4 is 0 Å². The van der Waals surface area contributed by atoms with Crippen LogP contribution in [-0.4, -0.2) is 28.9 Å². The van der Waals surface area contributed by atoms with Crippen molar-refractivity contribution < 1.29 is 14.3 Å². The van der Waals surface area contributed by atoms with Crippen LogP contribution in [0.15, 0.2) is 42.0 Å². The molecule has 1 saturated carbocycles. The van der Waals surface area contributed by atoms with Gasteiger partial charge in [-0.3, -0.25) is 9.69 Å². The number of benzene rings is 1. The van der Waals surface area contributed by atoms with Crippen LogP contribution in [0.5, 0.6) is 0 Å².